The number of aromatic nitrogens is 2. The number of benzene rings is 7. The molecule has 3 nitrogen and oxygen atoms in total. The molecular weight excluding hydrogens is 655 g/mol. The maximum Gasteiger partial charge on any atom is 0.0715 e. The summed E-state index contributed by atoms with van der Waals surface area (Å²) in [6.45, 7) is 0.686. The molecule has 254 valence electrons. The van der Waals surface area contributed by atoms with Gasteiger partial charge in [0.25, 0.3) is 0 Å². The summed E-state index contributed by atoms with van der Waals surface area (Å²) in [4.78, 5) is 10.5. The summed E-state index contributed by atoms with van der Waals surface area (Å²) in [7, 11) is 0. The number of nitrogens with zero attached hydrogens (tertiary/aromatic N) is 2. The topological polar surface area (TPSA) is 37.8 Å². The minimum Gasteiger partial charge on any atom is -0.380 e. The first kappa shape index (κ1) is 31.6. The SMILES string of the molecule is c1ccc(-c2cc(-c3c4c(c(-c5cc(-c6ccccc6)nc(-c6ccccc6)c5)c5ccccc35)-c3ccccc3NC4)cc(-c3ccccc3)n2)cc1. The first-order valence-corrected chi connectivity index (χ1v) is 18.5. The van der Waals surface area contributed by atoms with Crippen LogP contribution >= 0.6 is 0 Å². The number of hydrogen-bond acceptors (Lipinski definition) is 3. The van der Waals surface area contributed by atoms with Crippen molar-refractivity contribution in [2.75, 3.05) is 5.32 Å². The molecule has 0 fully saturated rings. The van der Waals surface area contributed by atoms with Gasteiger partial charge in [0.05, 0.1) is 22.8 Å². The quantitative estimate of drug-likeness (QED) is 0.189. The predicted octanol–water partition coefficient (Wildman–Crippen LogP) is 13.2. The van der Waals surface area contributed by atoms with Crippen LogP contribution < -0.4 is 5.32 Å². The molecule has 10 rings (SSSR count). The lowest BCUT2D eigenvalue weighted by Crippen LogP contribution is -2.12. The number of pyridine rings is 2. The monoisotopic (exact) mass is 689 g/mol. The van der Waals surface area contributed by atoms with Crippen LogP contribution in [0.3, 0.4) is 0 Å². The van der Waals surface area contributed by atoms with E-state index in [9.17, 15) is 0 Å². The van der Waals surface area contributed by atoms with E-state index in [1.54, 1.807) is 0 Å². The second-order valence-corrected chi connectivity index (χ2v) is 13.8. The van der Waals surface area contributed by atoms with Crippen LogP contribution in [0, 0.1) is 0 Å². The van der Waals surface area contributed by atoms with Crippen LogP contribution in [0.4, 0.5) is 5.69 Å². The van der Waals surface area contributed by atoms with Gasteiger partial charge in [0.1, 0.15) is 0 Å². The molecule has 2 aromatic heterocycles. The van der Waals surface area contributed by atoms with Crippen LogP contribution in [0.25, 0.3) is 89.2 Å². The third-order valence-corrected chi connectivity index (χ3v) is 10.5. The number of nitrogens with one attached hydrogen (secondary N) is 1. The van der Waals surface area contributed by atoms with Crippen LogP contribution in [0.5, 0.6) is 0 Å². The average Bonchev–Trinajstić information content (AvgIpc) is 3.26. The second-order valence-electron chi connectivity index (χ2n) is 13.8. The normalized spacial score (nSPS) is 11.8. The van der Waals surface area contributed by atoms with Gasteiger partial charge >= 0.3 is 0 Å². The Morgan fingerprint density at radius 3 is 1.17 bits per heavy atom. The molecule has 0 bridgehead atoms. The molecular formula is C51H35N3. The van der Waals surface area contributed by atoms with Gasteiger partial charge in [0, 0.05) is 40.0 Å². The highest BCUT2D eigenvalue weighted by Gasteiger charge is 2.28. The van der Waals surface area contributed by atoms with Crippen LogP contribution in [0.15, 0.2) is 194 Å². The van der Waals surface area contributed by atoms with Crippen molar-refractivity contribution in [3.8, 4) is 78.4 Å². The molecule has 3 heteroatoms. The highest BCUT2D eigenvalue weighted by atomic mass is 14.9. The Kier molecular flexibility index (Phi) is 7.88. The minimum atomic E-state index is 0.686. The highest BCUT2D eigenvalue weighted by Crippen LogP contribution is 2.51. The third-order valence-electron chi connectivity index (χ3n) is 10.5. The van der Waals surface area contributed by atoms with E-state index in [1.165, 1.54) is 38.6 Å². The highest BCUT2D eigenvalue weighted by molar-refractivity contribution is 6.15. The van der Waals surface area contributed by atoms with Gasteiger partial charge in [-0.3, -0.25) is 0 Å². The van der Waals surface area contributed by atoms with Gasteiger partial charge < -0.3 is 5.32 Å². The molecule has 54 heavy (non-hydrogen) atoms. The molecule has 0 spiro atoms. The van der Waals surface area contributed by atoms with E-state index < -0.39 is 0 Å². The van der Waals surface area contributed by atoms with Crippen molar-refractivity contribution in [3.63, 3.8) is 0 Å². The molecule has 0 radical (unpaired) electrons. The zero-order chi connectivity index (χ0) is 35.8. The Balaban J connectivity index is 1.32. The zero-order valence-corrected chi connectivity index (χ0v) is 29.6. The number of rotatable bonds is 6. The summed E-state index contributed by atoms with van der Waals surface area (Å²) in [6, 6.07) is 68.8. The fourth-order valence-corrected chi connectivity index (χ4v) is 8.01. The Morgan fingerprint density at radius 2 is 0.704 bits per heavy atom. The van der Waals surface area contributed by atoms with Crippen molar-refractivity contribution in [1.82, 2.24) is 9.97 Å². The third kappa shape index (κ3) is 5.64. The lowest BCUT2D eigenvalue weighted by atomic mass is 9.79. The van der Waals surface area contributed by atoms with Crippen molar-refractivity contribution < 1.29 is 0 Å². The molecule has 0 unspecified atom stereocenters. The maximum atomic E-state index is 5.26. The van der Waals surface area contributed by atoms with Gasteiger partial charge in [-0.05, 0) is 74.5 Å². The summed E-state index contributed by atoms with van der Waals surface area (Å²) in [5.41, 5.74) is 17.7. The molecule has 3 heterocycles. The van der Waals surface area contributed by atoms with Crippen molar-refractivity contribution in [2.24, 2.45) is 0 Å². The van der Waals surface area contributed by atoms with Gasteiger partial charge in [0.2, 0.25) is 0 Å². The van der Waals surface area contributed by atoms with Gasteiger partial charge in [-0.25, -0.2) is 9.97 Å². The summed E-state index contributed by atoms with van der Waals surface area (Å²) < 4.78 is 0. The van der Waals surface area contributed by atoms with Crippen molar-refractivity contribution in [2.45, 2.75) is 6.54 Å². The maximum absolute atomic E-state index is 5.26. The van der Waals surface area contributed by atoms with Crippen molar-refractivity contribution >= 4 is 16.5 Å². The van der Waals surface area contributed by atoms with Gasteiger partial charge in [-0.15, -0.1) is 0 Å². The van der Waals surface area contributed by atoms with Crippen molar-refractivity contribution in [1.29, 1.82) is 0 Å². The Hall–Kier alpha value is -7.10. The fraction of sp³-hybridized carbons (Fsp3) is 0.0196. The van der Waals surface area contributed by atoms with E-state index >= 15 is 0 Å². The molecule has 0 amide bonds. The molecule has 0 saturated heterocycles. The summed E-state index contributed by atoms with van der Waals surface area (Å²) in [5.74, 6) is 0. The van der Waals surface area contributed by atoms with E-state index in [0.29, 0.717) is 6.54 Å². The Morgan fingerprint density at radius 1 is 0.333 bits per heavy atom. The second kappa shape index (κ2) is 13.5. The van der Waals surface area contributed by atoms with E-state index in [4.69, 9.17) is 9.97 Å². The number of hydrogen-bond donors (Lipinski definition) is 1. The summed E-state index contributed by atoms with van der Waals surface area (Å²) >= 11 is 0. The van der Waals surface area contributed by atoms with Gasteiger partial charge in [-0.2, -0.15) is 0 Å². The summed E-state index contributed by atoms with van der Waals surface area (Å²) in [5, 5.41) is 6.22. The molecule has 1 aliphatic heterocycles. The number of para-hydroxylation sites is 1. The molecule has 1 aliphatic rings. The first-order chi connectivity index (χ1) is 26.8. The van der Waals surface area contributed by atoms with Crippen LogP contribution in [-0.4, -0.2) is 9.97 Å². The molecule has 1 N–H and O–H groups in total. The van der Waals surface area contributed by atoms with Crippen LogP contribution in [-0.2, 0) is 6.54 Å². The zero-order valence-electron chi connectivity index (χ0n) is 29.6. The standard InChI is InChI=1S/C51H35N3/c1-5-17-34(18-6-1)45-29-38(30-46(53-45)35-19-7-2-8-20-35)49-40-25-13-14-26-41(40)50(51-42-27-15-16-28-44(42)52-33-43(49)51)39-31-47(36-21-9-3-10-22-36)54-48(32-39)37-23-11-4-12-24-37/h1-32,52H,33H2. The Bertz CT molecular complexity index is 2680. The molecule has 0 saturated carbocycles. The van der Waals surface area contributed by atoms with Gasteiger partial charge in [0.15, 0.2) is 0 Å². The first-order valence-electron chi connectivity index (χ1n) is 18.5. The fourth-order valence-electron chi connectivity index (χ4n) is 8.01. The number of anilines is 1. The average molecular weight is 690 g/mol. The van der Waals surface area contributed by atoms with Gasteiger partial charge in [-0.1, -0.05) is 164 Å². The largest absolute Gasteiger partial charge is 0.380 e. The smallest absolute Gasteiger partial charge is 0.0715 e. The van der Waals surface area contributed by atoms with E-state index in [1.807, 2.05) is 0 Å². The summed E-state index contributed by atoms with van der Waals surface area (Å²) in [6.07, 6.45) is 0. The number of fused-ring (bicyclic) bond motifs is 4. The molecule has 9 aromatic rings. The predicted molar refractivity (Wildman–Crippen MR) is 225 cm³/mol. The lowest BCUT2D eigenvalue weighted by Gasteiger charge is -2.29. The van der Waals surface area contributed by atoms with E-state index in [-0.39, 0.29) is 0 Å². The van der Waals surface area contributed by atoms with E-state index in [2.05, 4.69) is 199 Å². The molecule has 0 atom stereocenters. The van der Waals surface area contributed by atoms with Crippen molar-refractivity contribution in [3.05, 3.63) is 200 Å². The Labute approximate surface area is 315 Å². The van der Waals surface area contributed by atoms with E-state index in [0.717, 1.165) is 61.8 Å². The lowest BCUT2D eigenvalue weighted by molar-refractivity contribution is 1.13. The molecule has 0 aliphatic carbocycles. The molecule has 7 aromatic carbocycles. The van der Waals surface area contributed by atoms with Crippen LogP contribution in [0.2, 0.25) is 0 Å². The minimum absolute atomic E-state index is 0.686. The van der Waals surface area contributed by atoms with Crippen LogP contribution in [0.1, 0.15) is 5.56 Å².